The Morgan fingerprint density at radius 3 is 2.69 bits per heavy atom. The molecular weight excluding hydrogens is 364 g/mol. The first kappa shape index (κ1) is 19.8. The number of amides is 1. The van der Waals surface area contributed by atoms with Crippen molar-refractivity contribution in [1.82, 2.24) is 10.2 Å². The Kier molecular flexibility index (Phi) is 6.05. The average molecular weight is 395 g/mol. The predicted octanol–water partition coefficient (Wildman–Crippen LogP) is 3.86. The average Bonchev–Trinajstić information content (AvgIpc) is 3.59. The van der Waals surface area contributed by atoms with Crippen LogP contribution in [0.1, 0.15) is 48.4 Å². The third kappa shape index (κ3) is 4.73. The highest BCUT2D eigenvalue weighted by Crippen LogP contribution is 2.32. The summed E-state index contributed by atoms with van der Waals surface area (Å²) in [6, 6.07) is 14.9. The van der Waals surface area contributed by atoms with Gasteiger partial charge in [-0.3, -0.25) is 9.69 Å². The zero-order valence-electron chi connectivity index (χ0n) is 17.3. The van der Waals surface area contributed by atoms with Gasteiger partial charge in [0.1, 0.15) is 11.5 Å². The van der Waals surface area contributed by atoms with Crippen molar-refractivity contribution in [1.29, 1.82) is 0 Å². The maximum Gasteiger partial charge on any atom is 0.234 e. The van der Waals surface area contributed by atoms with Crippen molar-refractivity contribution in [3.8, 4) is 11.5 Å². The van der Waals surface area contributed by atoms with Crippen molar-refractivity contribution < 1.29 is 14.3 Å². The van der Waals surface area contributed by atoms with E-state index in [9.17, 15) is 4.79 Å². The van der Waals surface area contributed by atoms with Gasteiger partial charge in [-0.05, 0) is 61.4 Å². The van der Waals surface area contributed by atoms with E-state index in [1.165, 1.54) is 11.1 Å². The molecule has 154 valence electrons. The van der Waals surface area contributed by atoms with Gasteiger partial charge in [-0.1, -0.05) is 24.3 Å². The fourth-order valence-electron chi connectivity index (χ4n) is 4.31. The van der Waals surface area contributed by atoms with E-state index in [2.05, 4.69) is 34.5 Å². The molecule has 4 rings (SSSR count). The standard InChI is InChI=1S/C24H30N2O3/c1-28-20-12-13-23(29-2)18(14-20)15-26(19-10-11-19)16-24(27)25-22-9-5-7-17-6-3-4-8-21(17)22/h3-4,6,8,12-14,19,22H,5,7,9-11,15-16H2,1-2H3,(H,25,27). The lowest BCUT2D eigenvalue weighted by Crippen LogP contribution is -2.40. The second kappa shape index (κ2) is 8.87. The molecule has 1 atom stereocenters. The van der Waals surface area contributed by atoms with E-state index in [0.29, 0.717) is 19.1 Å². The molecule has 2 aliphatic carbocycles. The van der Waals surface area contributed by atoms with Crippen molar-refractivity contribution in [3.63, 3.8) is 0 Å². The quantitative estimate of drug-likeness (QED) is 0.739. The summed E-state index contributed by atoms with van der Waals surface area (Å²) in [4.78, 5) is 15.2. The molecule has 1 fully saturated rings. The van der Waals surface area contributed by atoms with Crippen molar-refractivity contribution in [2.24, 2.45) is 0 Å². The van der Waals surface area contributed by atoms with E-state index >= 15 is 0 Å². The smallest absolute Gasteiger partial charge is 0.234 e. The van der Waals surface area contributed by atoms with E-state index in [4.69, 9.17) is 9.47 Å². The van der Waals surface area contributed by atoms with Gasteiger partial charge in [0.2, 0.25) is 5.91 Å². The Bertz CT molecular complexity index is 863. The number of hydrogen-bond donors (Lipinski definition) is 1. The number of benzene rings is 2. The van der Waals surface area contributed by atoms with Gasteiger partial charge in [0, 0.05) is 18.2 Å². The maximum atomic E-state index is 12.9. The summed E-state index contributed by atoms with van der Waals surface area (Å²) in [5.41, 5.74) is 3.69. The summed E-state index contributed by atoms with van der Waals surface area (Å²) in [7, 11) is 3.35. The minimum Gasteiger partial charge on any atom is -0.497 e. The summed E-state index contributed by atoms with van der Waals surface area (Å²) in [6.07, 6.45) is 5.52. The molecule has 0 saturated heterocycles. The molecule has 2 aromatic rings. The summed E-state index contributed by atoms with van der Waals surface area (Å²) >= 11 is 0. The number of nitrogens with one attached hydrogen (secondary N) is 1. The summed E-state index contributed by atoms with van der Waals surface area (Å²) in [6.45, 7) is 1.09. The number of fused-ring (bicyclic) bond motifs is 1. The minimum atomic E-state index is 0.0977. The first-order valence-electron chi connectivity index (χ1n) is 10.5. The van der Waals surface area contributed by atoms with Crippen LogP contribution in [0.5, 0.6) is 11.5 Å². The van der Waals surface area contributed by atoms with Crippen LogP contribution in [0.15, 0.2) is 42.5 Å². The van der Waals surface area contributed by atoms with Gasteiger partial charge in [-0.15, -0.1) is 0 Å². The molecule has 0 heterocycles. The molecule has 0 bridgehead atoms. The van der Waals surface area contributed by atoms with Crippen LogP contribution in [0.4, 0.5) is 0 Å². The highest BCUT2D eigenvalue weighted by molar-refractivity contribution is 5.78. The summed E-state index contributed by atoms with van der Waals surface area (Å²) < 4.78 is 10.9. The zero-order valence-corrected chi connectivity index (χ0v) is 17.3. The fraction of sp³-hybridized carbons (Fsp3) is 0.458. The van der Waals surface area contributed by atoms with Gasteiger partial charge in [-0.2, -0.15) is 0 Å². The molecule has 2 aliphatic rings. The second-order valence-corrected chi connectivity index (χ2v) is 8.03. The van der Waals surface area contributed by atoms with Gasteiger partial charge in [0.25, 0.3) is 0 Å². The zero-order chi connectivity index (χ0) is 20.2. The van der Waals surface area contributed by atoms with Crippen LogP contribution in [-0.2, 0) is 17.8 Å². The highest BCUT2D eigenvalue weighted by atomic mass is 16.5. The Morgan fingerprint density at radius 2 is 1.93 bits per heavy atom. The third-order valence-corrected chi connectivity index (χ3v) is 5.98. The predicted molar refractivity (Wildman–Crippen MR) is 113 cm³/mol. The van der Waals surface area contributed by atoms with Crippen LogP contribution in [0.25, 0.3) is 0 Å². The van der Waals surface area contributed by atoms with E-state index in [1.807, 2.05) is 18.2 Å². The number of rotatable bonds is 8. The monoisotopic (exact) mass is 394 g/mol. The maximum absolute atomic E-state index is 12.9. The first-order chi connectivity index (χ1) is 14.2. The summed E-state index contributed by atoms with van der Waals surface area (Å²) in [5, 5.41) is 3.29. The van der Waals surface area contributed by atoms with Gasteiger partial charge in [0.05, 0.1) is 26.8 Å². The van der Waals surface area contributed by atoms with Gasteiger partial charge >= 0.3 is 0 Å². The number of ether oxygens (including phenoxy) is 2. The van der Waals surface area contributed by atoms with Crippen molar-refractivity contribution in [2.45, 2.75) is 50.7 Å². The molecule has 29 heavy (non-hydrogen) atoms. The topological polar surface area (TPSA) is 50.8 Å². The van der Waals surface area contributed by atoms with Crippen molar-refractivity contribution in [3.05, 3.63) is 59.2 Å². The molecule has 0 aromatic heterocycles. The van der Waals surface area contributed by atoms with E-state index in [0.717, 1.165) is 49.2 Å². The van der Waals surface area contributed by atoms with Crippen molar-refractivity contribution in [2.75, 3.05) is 20.8 Å². The highest BCUT2D eigenvalue weighted by Gasteiger charge is 2.32. The Hall–Kier alpha value is -2.53. The number of aryl methyl sites for hydroxylation is 1. The number of nitrogens with zero attached hydrogens (tertiary/aromatic N) is 1. The molecule has 5 heteroatoms. The lowest BCUT2D eigenvalue weighted by molar-refractivity contribution is -0.123. The van der Waals surface area contributed by atoms with E-state index in [1.54, 1.807) is 14.2 Å². The fourth-order valence-corrected chi connectivity index (χ4v) is 4.31. The Morgan fingerprint density at radius 1 is 1.10 bits per heavy atom. The normalized spacial score (nSPS) is 18.2. The lowest BCUT2D eigenvalue weighted by atomic mass is 9.88. The molecule has 1 saturated carbocycles. The van der Waals surface area contributed by atoms with E-state index in [-0.39, 0.29) is 11.9 Å². The Balaban J connectivity index is 1.44. The second-order valence-electron chi connectivity index (χ2n) is 8.03. The molecule has 1 unspecified atom stereocenters. The number of carbonyl (C=O) groups excluding carboxylic acids is 1. The van der Waals surface area contributed by atoms with Crippen molar-refractivity contribution >= 4 is 5.91 Å². The number of carbonyl (C=O) groups is 1. The van der Waals surface area contributed by atoms with Crippen LogP contribution < -0.4 is 14.8 Å². The van der Waals surface area contributed by atoms with Crippen LogP contribution in [-0.4, -0.2) is 37.6 Å². The molecule has 0 aliphatic heterocycles. The largest absolute Gasteiger partial charge is 0.497 e. The van der Waals surface area contributed by atoms with E-state index < -0.39 is 0 Å². The van der Waals surface area contributed by atoms with Gasteiger partial charge in [-0.25, -0.2) is 0 Å². The number of hydrogen-bond acceptors (Lipinski definition) is 4. The van der Waals surface area contributed by atoms with Gasteiger partial charge in [0.15, 0.2) is 0 Å². The molecule has 0 radical (unpaired) electrons. The third-order valence-electron chi connectivity index (χ3n) is 5.98. The molecular formula is C24H30N2O3. The Labute approximate surface area is 173 Å². The number of methoxy groups -OCH3 is 2. The molecule has 1 N–H and O–H groups in total. The minimum absolute atomic E-state index is 0.0977. The lowest BCUT2D eigenvalue weighted by Gasteiger charge is -2.28. The van der Waals surface area contributed by atoms with Crippen LogP contribution in [0, 0.1) is 0 Å². The summed E-state index contributed by atoms with van der Waals surface area (Å²) in [5.74, 6) is 1.73. The molecule has 5 nitrogen and oxygen atoms in total. The molecule has 2 aromatic carbocycles. The first-order valence-corrected chi connectivity index (χ1v) is 10.5. The van der Waals surface area contributed by atoms with Gasteiger partial charge < -0.3 is 14.8 Å². The van der Waals surface area contributed by atoms with Crippen LogP contribution in [0.3, 0.4) is 0 Å². The van der Waals surface area contributed by atoms with Crippen LogP contribution in [0.2, 0.25) is 0 Å². The molecule has 1 amide bonds. The SMILES string of the molecule is COc1ccc(OC)c(CN(CC(=O)NC2CCCc3ccccc32)C2CC2)c1. The van der Waals surface area contributed by atoms with Crippen LogP contribution >= 0.6 is 0 Å². The molecule has 0 spiro atoms.